The lowest BCUT2D eigenvalue weighted by Gasteiger charge is -2.40. The molecular formula is C21H23FN2O5S. The highest BCUT2D eigenvalue weighted by Crippen LogP contribution is 2.39. The van der Waals surface area contributed by atoms with Crippen molar-refractivity contribution in [1.29, 1.82) is 0 Å². The van der Waals surface area contributed by atoms with Crippen molar-refractivity contribution in [3.63, 3.8) is 0 Å². The summed E-state index contributed by atoms with van der Waals surface area (Å²) in [5.74, 6) is -1.02. The van der Waals surface area contributed by atoms with Crippen molar-refractivity contribution in [2.45, 2.75) is 31.7 Å². The summed E-state index contributed by atoms with van der Waals surface area (Å²) in [7, 11) is -3.68. The van der Waals surface area contributed by atoms with Gasteiger partial charge >= 0.3 is 6.09 Å². The fourth-order valence-corrected chi connectivity index (χ4v) is 4.37. The minimum absolute atomic E-state index is 0.163. The summed E-state index contributed by atoms with van der Waals surface area (Å²) in [6.07, 6.45) is 0.406. The topological polar surface area (TPSA) is 84.0 Å². The largest absolute Gasteiger partial charge is 0.449 e. The van der Waals surface area contributed by atoms with Crippen molar-refractivity contribution in [2.75, 3.05) is 29.2 Å². The summed E-state index contributed by atoms with van der Waals surface area (Å²) in [6, 6.07) is 8.67. The summed E-state index contributed by atoms with van der Waals surface area (Å²) in [6.45, 7) is 5.44. The Hall–Kier alpha value is -2.94. The lowest BCUT2D eigenvalue weighted by Crippen LogP contribution is -2.51. The molecule has 2 amide bonds. The highest BCUT2D eigenvalue weighted by molar-refractivity contribution is 7.90. The van der Waals surface area contributed by atoms with Crippen LogP contribution in [0.15, 0.2) is 41.3 Å². The van der Waals surface area contributed by atoms with Crippen molar-refractivity contribution in [3.8, 4) is 11.1 Å². The third-order valence-electron chi connectivity index (χ3n) is 4.91. The van der Waals surface area contributed by atoms with Gasteiger partial charge in [-0.25, -0.2) is 17.6 Å². The van der Waals surface area contributed by atoms with Crippen molar-refractivity contribution in [3.05, 3.63) is 42.2 Å². The lowest BCUT2D eigenvalue weighted by molar-refractivity contribution is -0.117. The molecule has 0 bridgehead atoms. The van der Waals surface area contributed by atoms with Gasteiger partial charge in [-0.1, -0.05) is 12.1 Å². The third kappa shape index (κ3) is 4.02. The Bertz CT molecular complexity index is 1120. The van der Waals surface area contributed by atoms with Crippen LogP contribution in [0.25, 0.3) is 11.1 Å². The van der Waals surface area contributed by atoms with E-state index in [-0.39, 0.29) is 30.0 Å². The fourth-order valence-electron chi connectivity index (χ4n) is 3.64. The molecule has 9 heteroatoms. The summed E-state index contributed by atoms with van der Waals surface area (Å²) in [5.41, 5.74) is 2.03. The molecule has 0 saturated carbocycles. The molecule has 1 aliphatic heterocycles. The maximum absolute atomic E-state index is 14.4. The highest BCUT2D eigenvalue weighted by Gasteiger charge is 2.34. The smallest absolute Gasteiger partial charge is 0.414 e. The highest BCUT2D eigenvalue weighted by atomic mass is 32.2. The number of halogens is 1. The van der Waals surface area contributed by atoms with Gasteiger partial charge in [0.25, 0.3) is 0 Å². The number of amides is 2. The van der Waals surface area contributed by atoms with Gasteiger partial charge in [0.1, 0.15) is 10.7 Å². The van der Waals surface area contributed by atoms with Gasteiger partial charge in [-0.2, -0.15) is 0 Å². The van der Waals surface area contributed by atoms with Crippen molar-refractivity contribution in [1.82, 2.24) is 0 Å². The minimum Gasteiger partial charge on any atom is -0.449 e. The van der Waals surface area contributed by atoms with E-state index in [1.165, 1.54) is 24.0 Å². The van der Waals surface area contributed by atoms with Gasteiger partial charge in [-0.15, -0.1) is 0 Å². The maximum atomic E-state index is 14.4. The van der Waals surface area contributed by atoms with Crippen LogP contribution < -0.4 is 9.80 Å². The molecule has 1 aliphatic rings. The van der Waals surface area contributed by atoms with Crippen LogP contribution >= 0.6 is 0 Å². The summed E-state index contributed by atoms with van der Waals surface area (Å²) in [4.78, 5) is 27.4. The third-order valence-corrected chi connectivity index (χ3v) is 6.04. The summed E-state index contributed by atoms with van der Waals surface area (Å²) in [5, 5.41) is 0. The van der Waals surface area contributed by atoms with Crippen molar-refractivity contribution >= 4 is 33.2 Å². The molecule has 0 aliphatic carbocycles. The number of nitrogens with zero attached hydrogens (tertiary/aromatic N) is 2. The normalized spacial score (nSPS) is 16.2. The number of carbonyl (C=O) groups excluding carboxylic acids is 2. The number of rotatable bonds is 3. The second-order valence-corrected chi connectivity index (χ2v) is 9.15. The predicted molar refractivity (Wildman–Crippen MR) is 112 cm³/mol. The standard InChI is InChI=1S/C21H23FN2O5S/c1-5-29-21(26)23-12-13(2)24(14(3)25)18-8-6-16(11-19(18)23)15-7-9-20(17(22)10-15)30(4,27)28/h6-11,13H,5,12H2,1-4H3. The molecule has 0 fully saturated rings. The molecule has 0 saturated heterocycles. The van der Waals surface area contributed by atoms with Crippen LogP contribution in [0.5, 0.6) is 0 Å². The first-order chi connectivity index (χ1) is 14.0. The number of sulfone groups is 1. The quantitative estimate of drug-likeness (QED) is 0.737. The Kier molecular flexibility index (Phi) is 5.85. The van der Waals surface area contributed by atoms with E-state index < -0.39 is 21.7 Å². The zero-order chi connectivity index (χ0) is 22.2. The molecule has 0 aromatic heterocycles. The van der Waals surface area contributed by atoms with Crippen LogP contribution in [0.1, 0.15) is 20.8 Å². The summed E-state index contributed by atoms with van der Waals surface area (Å²) < 4.78 is 42.9. The van der Waals surface area contributed by atoms with Gasteiger partial charge in [0, 0.05) is 19.7 Å². The van der Waals surface area contributed by atoms with Gasteiger partial charge in [0.2, 0.25) is 5.91 Å². The van der Waals surface area contributed by atoms with Crippen LogP contribution in [0.3, 0.4) is 0 Å². The Morgan fingerprint density at radius 2 is 1.77 bits per heavy atom. The number of hydrogen-bond acceptors (Lipinski definition) is 5. The van der Waals surface area contributed by atoms with Gasteiger partial charge in [0.05, 0.1) is 24.0 Å². The Balaban J connectivity index is 2.13. The molecule has 30 heavy (non-hydrogen) atoms. The molecule has 160 valence electrons. The lowest BCUT2D eigenvalue weighted by atomic mass is 10.0. The van der Waals surface area contributed by atoms with Crippen LogP contribution in [0.2, 0.25) is 0 Å². The molecule has 3 rings (SSSR count). The molecular weight excluding hydrogens is 411 g/mol. The molecule has 0 N–H and O–H groups in total. The first-order valence-corrected chi connectivity index (χ1v) is 11.3. The van der Waals surface area contributed by atoms with E-state index in [0.29, 0.717) is 22.5 Å². The number of anilines is 2. The van der Waals surface area contributed by atoms with Crippen LogP contribution in [0.4, 0.5) is 20.6 Å². The molecule has 2 aromatic carbocycles. The van der Waals surface area contributed by atoms with E-state index in [1.54, 1.807) is 30.0 Å². The SMILES string of the molecule is CCOC(=O)N1CC(C)N(C(C)=O)c2ccc(-c3ccc(S(C)(=O)=O)c(F)c3)cc21. The van der Waals surface area contributed by atoms with Crippen molar-refractivity contribution < 1.29 is 27.1 Å². The molecule has 1 atom stereocenters. The molecule has 2 aromatic rings. The Labute approximate surface area is 175 Å². The molecule has 0 radical (unpaired) electrons. The first kappa shape index (κ1) is 21.8. The minimum atomic E-state index is -3.68. The van der Waals surface area contributed by atoms with E-state index in [9.17, 15) is 22.4 Å². The van der Waals surface area contributed by atoms with Crippen LogP contribution in [-0.4, -0.2) is 45.9 Å². The van der Waals surface area contributed by atoms with Gasteiger partial charge in [0.15, 0.2) is 9.84 Å². The van der Waals surface area contributed by atoms with Gasteiger partial charge in [-0.3, -0.25) is 9.69 Å². The monoisotopic (exact) mass is 434 g/mol. The van der Waals surface area contributed by atoms with E-state index >= 15 is 0 Å². The van der Waals surface area contributed by atoms with Crippen molar-refractivity contribution in [2.24, 2.45) is 0 Å². The zero-order valence-electron chi connectivity index (χ0n) is 17.2. The van der Waals surface area contributed by atoms with E-state index in [2.05, 4.69) is 0 Å². The number of carbonyl (C=O) groups is 2. The fraction of sp³-hybridized carbons (Fsp3) is 0.333. The second kappa shape index (κ2) is 8.06. The Morgan fingerprint density at radius 3 is 2.33 bits per heavy atom. The van der Waals surface area contributed by atoms with Gasteiger partial charge in [-0.05, 0) is 49.2 Å². The number of ether oxygens (including phenoxy) is 1. The maximum Gasteiger partial charge on any atom is 0.414 e. The molecule has 1 unspecified atom stereocenters. The average Bonchev–Trinajstić information content (AvgIpc) is 2.65. The number of fused-ring (bicyclic) bond motifs is 1. The second-order valence-electron chi connectivity index (χ2n) is 7.17. The van der Waals surface area contributed by atoms with Crippen LogP contribution in [-0.2, 0) is 19.4 Å². The summed E-state index contributed by atoms with van der Waals surface area (Å²) >= 11 is 0. The predicted octanol–water partition coefficient (Wildman–Crippen LogP) is 3.61. The van der Waals surface area contributed by atoms with E-state index in [4.69, 9.17) is 4.74 Å². The average molecular weight is 434 g/mol. The van der Waals surface area contributed by atoms with Crippen LogP contribution in [0, 0.1) is 5.82 Å². The Morgan fingerprint density at radius 1 is 1.13 bits per heavy atom. The van der Waals surface area contributed by atoms with E-state index in [1.807, 2.05) is 6.92 Å². The zero-order valence-corrected chi connectivity index (χ0v) is 18.0. The molecule has 0 spiro atoms. The number of benzene rings is 2. The van der Waals surface area contributed by atoms with Gasteiger partial charge < -0.3 is 9.64 Å². The van der Waals surface area contributed by atoms with E-state index in [0.717, 1.165) is 12.3 Å². The molecule has 1 heterocycles. The molecule has 7 nitrogen and oxygen atoms in total. The first-order valence-electron chi connectivity index (χ1n) is 9.42. The number of hydrogen-bond donors (Lipinski definition) is 0.